The molecule has 0 radical (unpaired) electrons. The minimum Gasteiger partial charge on any atom is -0.507 e. The molecule has 3 N–H and O–H groups in total. The van der Waals surface area contributed by atoms with Crippen LogP contribution in [0, 0.1) is 0 Å². The Morgan fingerprint density at radius 3 is 2.43 bits per heavy atom. The van der Waals surface area contributed by atoms with Crippen molar-refractivity contribution in [3.8, 4) is 11.5 Å². The first-order chi connectivity index (χ1) is 11.0. The molecule has 6 heteroatoms. The molecule has 0 aliphatic carbocycles. The van der Waals surface area contributed by atoms with Gasteiger partial charge < -0.3 is 20.3 Å². The lowest BCUT2D eigenvalue weighted by Gasteiger charge is -2.08. The lowest BCUT2D eigenvalue weighted by molar-refractivity contribution is -0.116. The molecule has 2 aromatic carbocycles. The first-order valence-corrected chi connectivity index (χ1v) is 6.98. The van der Waals surface area contributed by atoms with Crippen molar-refractivity contribution in [3.63, 3.8) is 0 Å². The number of anilines is 1. The average molecular weight is 315 g/mol. The summed E-state index contributed by atoms with van der Waals surface area (Å²) >= 11 is 0. The maximum atomic E-state index is 11.9. The topological polar surface area (TPSA) is 95.9 Å². The number of phenols is 1. The van der Waals surface area contributed by atoms with Crippen LogP contribution in [0.15, 0.2) is 42.5 Å². The van der Waals surface area contributed by atoms with E-state index in [2.05, 4.69) is 5.32 Å². The Labute approximate surface area is 133 Å². The molecule has 2 aromatic rings. The molecule has 0 unspecified atom stereocenters. The van der Waals surface area contributed by atoms with Crippen molar-refractivity contribution in [2.45, 2.75) is 12.8 Å². The van der Waals surface area contributed by atoms with Crippen LogP contribution in [-0.4, -0.2) is 29.2 Å². The molecule has 0 fully saturated rings. The van der Waals surface area contributed by atoms with Crippen LogP contribution in [0.5, 0.6) is 11.5 Å². The Morgan fingerprint density at radius 1 is 1.13 bits per heavy atom. The summed E-state index contributed by atoms with van der Waals surface area (Å²) in [6.07, 6.45) is 0.815. The zero-order valence-corrected chi connectivity index (χ0v) is 12.6. The first kappa shape index (κ1) is 16.4. The number of carbonyl (C=O) groups excluding carboxylic acids is 1. The minimum absolute atomic E-state index is 0.233. The molecule has 0 saturated heterocycles. The molecule has 2 rings (SSSR count). The molecule has 0 aliphatic heterocycles. The van der Waals surface area contributed by atoms with Crippen LogP contribution in [0.2, 0.25) is 0 Å². The number of aryl methyl sites for hydroxylation is 1. The fourth-order valence-corrected chi connectivity index (χ4v) is 2.06. The maximum Gasteiger partial charge on any atom is 0.339 e. The summed E-state index contributed by atoms with van der Waals surface area (Å²) in [5, 5.41) is 21.0. The van der Waals surface area contributed by atoms with E-state index in [1.165, 1.54) is 18.2 Å². The van der Waals surface area contributed by atoms with Gasteiger partial charge in [-0.1, -0.05) is 12.1 Å². The Bertz CT molecular complexity index is 709. The zero-order valence-electron chi connectivity index (χ0n) is 12.6. The van der Waals surface area contributed by atoms with E-state index < -0.39 is 5.97 Å². The zero-order chi connectivity index (χ0) is 16.8. The van der Waals surface area contributed by atoms with Gasteiger partial charge in [0.05, 0.1) is 7.11 Å². The molecular weight excluding hydrogens is 298 g/mol. The summed E-state index contributed by atoms with van der Waals surface area (Å²) in [5.41, 5.74) is 1.08. The SMILES string of the molecule is COc1ccc(CCC(=O)Nc2ccc(O)c(C(=O)O)c2)cc1. The van der Waals surface area contributed by atoms with E-state index in [1.807, 2.05) is 24.3 Å². The fourth-order valence-electron chi connectivity index (χ4n) is 2.06. The summed E-state index contributed by atoms with van der Waals surface area (Å²) in [6, 6.07) is 11.3. The van der Waals surface area contributed by atoms with E-state index in [4.69, 9.17) is 9.84 Å². The van der Waals surface area contributed by atoms with Crippen molar-refractivity contribution in [1.29, 1.82) is 0 Å². The van der Waals surface area contributed by atoms with Gasteiger partial charge in [-0.2, -0.15) is 0 Å². The Kier molecular flexibility index (Phi) is 5.19. The highest BCUT2D eigenvalue weighted by Crippen LogP contribution is 2.21. The number of benzene rings is 2. The number of aromatic carboxylic acids is 1. The number of nitrogens with one attached hydrogen (secondary N) is 1. The van der Waals surface area contributed by atoms with E-state index in [0.717, 1.165) is 11.3 Å². The van der Waals surface area contributed by atoms with Gasteiger partial charge in [-0.3, -0.25) is 4.79 Å². The van der Waals surface area contributed by atoms with Gasteiger partial charge in [-0.15, -0.1) is 0 Å². The van der Waals surface area contributed by atoms with Gasteiger partial charge in [-0.25, -0.2) is 4.79 Å². The van der Waals surface area contributed by atoms with Crippen molar-refractivity contribution >= 4 is 17.6 Å². The predicted molar refractivity (Wildman–Crippen MR) is 85.0 cm³/mol. The van der Waals surface area contributed by atoms with Crippen LogP contribution in [0.25, 0.3) is 0 Å². The summed E-state index contributed by atoms with van der Waals surface area (Å²) in [6.45, 7) is 0. The second kappa shape index (κ2) is 7.31. The highest BCUT2D eigenvalue weighted by atomic mass is 16.5. The van der Waals surface area contributed by atoms with Gasteiger partial charge in [-0.05, 0) is 42.3 Å². The Balaban J connectivity index is 1.94. The first-order valence-electron chi connectivity index (χ1n) is 6.98. The van der Waals surface area contributed by atoms with Gasteiger partial charge in [0.2, 0.25) is 5.91 Å². The van der Waals surface area contributed by atoms with Gasteiger partial charge in [0.25, 0.3) is 0 Å². The molecule has 0 saturated carbocycles. The number of carboxylic acids is 1. The van der Waals surface area contributed by atoms with Gasteiger partial charge >= 0.3 is 5.97 Å². The number of methoxy groups -OCH3 is 1. The number of hydrogen-bond donors (Lipinski definition) is 3. The number of hydrogen-bond acceptors (Lipinski definition) is 4. The largest absolute Gasteiger partial charge is 0.507 e. The van der Waals surface area contributed by atoms with E-state index in [-0.39, 0.29) is 23.6 Å². The number of rotatable bonds is 6. The number of aromatic hydroxyl groups is 1. The van der Waals surface area contributed by atoms with Gasteiger partial charge in [0, 0.05) is 12.1 Å². The number of amides is 1. The smallest absolute Gasteiger partial charge is 0.339 e. The molecule has 0 aromatic heterocycles. The van der Waals surface area contributed by atoms with E-state index in [9.17, 15) is 14.7 Å². The third kappa shape index (κ3) is 4.47. The van der Waals surface area contributed by atoms with Crippen LogP contribution in [0.4, 0.5) is 5.69 Å². The molecule has 6 nitrogen and oxygen atoms in total. The normalized spacial score (nSPS) is 10.1. The third-order valence-electron chi connectivity index (χ3n) is 3.31. The van der Waals surface area contributed by atoms with E-state index in [0.29, 0.717) is 12.1 Å². The van der Waals surface area contributed by atoms with Crippen molar-refractivity contribution in [3.05, 3.63) is 53.6 Å². The van der Waals surface area contributed by atoms with Crippen LogP contribution >= 0.6 is 0 Å². The highest BCUT2D eigenvalue weighted by molar-refractivity contribution is 5.95. The van der Waals surface area contributed by atoms with Crippen molar-refractivity contribution < 1.29 is 24.5 Å². The second-order valence-corrected chi connectivity index (χ2v) is 4.93. The standard InChI is InChI=1S/C17H17NO5/c1-23-13-6-2-11(3-7-13)4-9-16(20)18-12-5-8-15(19)14(10-12)17(21)22/h2-3,5-8,10,19H,4,9H2,1H3,(H,18,20)(H,21,22). The van der Waals surface area contributed by atoms with Gasteiger partial charge in [0.1, 0.15) is 17.1 Å². The molecular formula is C17H17NO5. The lowest BCUT2D eigenvalue weighted by atomic mass is 10.1. The highest BCUT2D eigenvalue weighted by Gasteiger charge is 2.11. The molecule has 1 amide bonds. The number of carbonyl (C=O) groups is 2. The molecule has 120 valence electrons. The average Bonchev–Trinajstić information content (AvgIpc) is 2.55. The predicted octanol–water partition coefficient (Wildman–Crippen LogP) is 2.67. The Hall–Kier alpha value is -3.02. The molecule has 23 heavy (non-hydrogen) atoms. The number of ether oxygens (including phenoxy) is 1. The van der Waals surface area contributed by atoms with Crippen molar-refractivity contribution in [2.75, 3.05) is 12.4 Å². The van der Waals surface area contributed by atoms with Crippen LogP contribution < -0.4 is 10.1 Å². The number of carboxylic acid groups (broad SMARTS) is 1. The van der Waals surface area contributed by atoms with E-state index >= 15 is 0 Å². The molecule has 0 aliphatic rings. The molecule has 0 spiro atoms. The van der Waals surface area contributed by atoms with Crippen LogP contribution in [0.3, 0.4) is 0 Å². The van der Waals surface area contributed by atoms with Crippen molar-refractivity contribution in [2.24, 2.45) is 0 Å². The lowest BCUT2D eigenvalue weighted by Crippen LogP contribution is -2.13. The fraction of sp³-hybridized carbons (Fsp3) is 0.176. The second-order valence-electron chi connectivity index (χ2n) is 4.93. The molecule has 0 heterocycles. The summed E-state index contributed by atoms with van der Waals surface area (Å²) < 4.78 is 5.07. The van der Waals surface area contributed by atoms with Crippen molar-refractivity contribution in [1.82, 2.24) is 0 Å². The van der Waals surface area contributed by atoms with E-state index in [1.54, 1.807) is 7.11 Å². The molecule has 0 bridgehead atoms. The quantitative estimate of drug-likeness (QED) is 0.712. The summed E-state index contributed by atoms with van der Waals surface area (Å²) in [5.74, 6) is -1.07. The van der Waals surface area contributed by atoms with Crippen LogP contribution in [0.1, 0.15) is 22.3 Å². The monoisotopic (exact) mass is 315 g/mol. The van der Waals surface area contributed by atoms with Gasteiger partial charge in [0.15, 0.2) is 0 Å². The Morgan fingerprint density at radius 2 is 1.83 bits per heavy atom. The summed E-state index contributed by atoms with van der Waals surface area (Å²) in [4.78, 5) is 22.9. The molecule has 0 atom stereocenters. The third-order valence-corrected chi connectivity index (χ3v) is 3.31. The minimum atomic E-state index is -1.25. The van der Waals surface area contributed by atoms with Crippen LogP contribution in [-0.2, 0) is 11.2 Å². The summed E-state index contributed by atoms with van der Waals surface area (Å²) in [7, 11) is 1.59. The maximum absolute atomic E-state index is 11.9.